The van der Waals surface area contributed by atoms with Gasteiger partial charge in [-0.05, 0) is 67.9 Å². The minimum Gasteiger partial charge on any atom is -0.467 e. The maximum atomic E-state index is 15.0. The van der Waals surface area contributed by atoms with E-state index in [1.807, 2.05) is 166 Å². The second-order valence-electron chi connectivity index (χ2n) is 20.9. The van der Waals surface area contributed by atoms with E-state index in [9.17, 15) is 24.3 Å². The molecule has 3 amide bonds. The molecule has 0 radical (unpaired) electrons. The van der Waals surface area contributed by atoms with Crippen LogP contribution in [-0.4, -0.2) is 109 Å². The molecule has 5 aromatic rings. The molecule has 6 rings (SSSR count). The third-order valence-electron chi connectivity index (χ3n) is 12.7. The third kappa shape index (κ3) is 19.8. The number of carbonyl (C=O) groups is 4. The molecule has 5 aromatic carbocycles. The zero-order valence-electron chi connectivity index (χ0n) is 45.3. The zero-order valence-corrected chi connectivity index (χ0v) is 45.3. The van der Waals surface area contributed by atoms with E-state index < -0.39 is 83.7 Å². The fourth-order valence-corrected chi connectivity index (χ4v) is 8.90. The molecular weight excluding hydrogens is 983 g/mol. The third-order valence-corrected chi connectivity index (χ3v) is 12.7. The van der Waals surface area contributed by atoms with Gasteiger partial charge >= 0.3 is 12.1 Å². The van der Waals surface area contributed by atoms with Gasteiger partial charge in [0.25, 0.3) is 0 Å². The summed E-state index contributed by atoms with van der Waals surface area (Å²) in [6.45, 7) is 10.6. The Balaban J connectivity index is 1.41. The Kier molecular flexibility index (Phi) is 23.2. The maximum Gasteiger partial charge on any atom is 0.408 e. The second kappa shape index (κ2) is 29.9. The molecule has 0 bridgehead atoms. The largest absolute Gasteiger partial charge is 0.467 e. The molecule has 0 aromatic heterocycles. The molecule has 0 aliphatic carbocycles. The first-order valence-corrected chi connectivity index (χ1v) is 26.2. The molecule has 16 nitrogen and oxygen atoms in total. The summed E-state index contributed by atoms with van der Waals surface area (Å²) in [7, 11) is 1.21. The molecule has 1 heterocycles. The number of aliphatic hydroxyl groups is 1. The molecule has 1 aliphatic rings. The van der Waals surface area contributed by atoms with Crippen LogP contribution < -0.4 is 16.0 Å². The van der Waals surface area contributed by atoms with E-state index in [0.29, 0.717) is 0 Å². The number of esters is 1. The Bertz CT molecular complexity index is 2530. The number of ether oxygens (including phenoxy) is 8. The van der Waals surface area contributed by atoms with E-state index in [1.165, 1.54) is 14.0 Å². The smallest absolute Gasteiger partial charge is 0.408 e. The number of rotatable bonds is 28. The summed E-state index contributed by atoms with van der Waals surface area (Å²) in [5, 5.41) is 21.2. The first kappa shape index (κ1) is 59.7. The van der Waals surface area contributed by atoms with Crippen molar-refractivity contribution in [3.05, 3.63) is 179 Å². The summed E-state index contributed by atoms with van der Waals surface area (Å²) in [6.07, 6.45) is -5.73. The zero-order chi connectivity index (χ0) is 55.2. The van der Waals surface area contributed by atoms with Crippen molar-refractivity contribution >= 4 is 23.9 Å². The first-order valence-electron chi connectivity index (χ1n) is 26.2. The Labute approximate surface area is 453 Å². The van der Waals surface area contributed by atoms with Crippen molar-refractivity contribution < 1.29 is 62.2 Å². The van der Waals surface area contributed by atoms with Crippen molar-refractivity contribution in [2.45, 2.75) is 147 Å². The van der Waals surface area contributed by atoms with Crippen LogP contribution in [0.3, 0.4) is 0 Å². The SMILES string of the molecule is COC(=O)[C@H](CC(C)C)NC(=O)[C@@H](NC(=O)[C@H](COCc1ccccc1)NC(=O)OC(C)(C)C)[C@](C)(O)C[C@@H]1O[C@H](COCc2ccccc2)[C@@H](OCc2ccccc2)[C@H](OCc2ccccc2)[C@H]1OCc1ccccc1. The summed E-state index contributed by atoms with van der Waals surface area (Å²) in [4.78, 5) is 56.3. The monoisotopic (exact) mass is 1060 g/mol. The average molecular weight is 1060 g/mol. The molecule has 1 saturated heterocycles. The van der Waals surface area contributed by atoms with Crippen LogP contribution in [0, 0.1) is 5.92 Å². The standard InChI is InChI=1S/C61H77N3O13/c1-42(2)33-48(58(67)70-7)62-57(66)55(64-56(65)49(63-59(68)77-60(3,4)5)40-71-35-43-23-13-8-14-24-43)61(6,69)34-50-52(73-37-45-27-17-10-18-28-45)54(75-39-47-31-21-12-22-32-47)53(74-38-46-29-19-11-20-30-46)51(76-50)41-72-36-44-25-15-9-16-26-44/h8-32,42,48-55,69H,33-41H2,1-7H3,(H,62,66)(H,63,68)(H,64,65)/t48-,49-,50-,51+,52-,53+,54+,55+,61+/m0/s1. The Hall–Kier alpha value is -6.50. The molecule has 16 heteroatoms. The number of hydrogen-bond donors (Lipinski definition) is 4. The van der Waals surface area contributed by atoms with Crippen LogP contribution in [0.2, 0.25) is 0 Å². The second-order valence-corrected chi connectivity index (χ2v) is 20.9. The van der Waals surface area contributed by atoms with Crippen LogP contribution in [-0.2, 0) is 85.3 Å². The van der Waals surface area contributed by atoms with Crippen molar-refractivity contribution in [3.63, 3.8) is 0 Å². The molecule has 414 valence electrons. The lowest BCUT2D eigenvalue weighted by Gasteiger charge is -2.48. The van der Waals surface area contributed by atoms with E-state index in [0.717, 1.165) is 27.8 Å². The van der Waals surface area contributed by atoms with Gasteiger partial charge < -0.3 is 59.0 Å². The van der Waals surface area contributed by atoms with Crippen molar-refractivity contribution in [3.8, 4) is 0 Å². The summed E-state index contributed by atoms with van der Waals surface area (Å²) in [5.41, 5.74) is 1.23. The number of hydrogen-bond acceptors (Lipinski definition) is 13. The van der Waals surface area contributed by atoms with Gasteiger partial charge in [0.1, 0.15) is 48.1 Å². The predicted octanol–water partition coefficient (Wildman–Crippen LogP) is 8.17. The van der Waals surface area contributed by atoms with E-state index >= 15 is 0 Å². The number of carbonyl (C=O) groups excluding carboxylic acids is 4. The number of methoxy groups -OCH3 is 1. The van der Waals surface area contributed by atoms with E-state index in [4.69, 9.17) is 37.9 Å². The fraction of sp³-hybridized carbons (Fsp3) is 0.443. The highest BCUT2D eigenvalue weighted by Gasteiger charge is 2.52. The lowest BCUT2D eigenvalue weighted by Crippen LogP contribution is -2.67. The van der Waals surface area contributed by atoms with Gasteiger partial charge in [-0.1, -0.05) is 166 Å². The molecule has 1 aliphatic heterocycles. The van der Waals surface area contributed by atoms with Crippen LogP contribution >= 0.6 is 0 Å². The van der Waals surface area contributed by atoms with Crippen molar-refractivity contribution in [1.82, 2.24) is 16.0 Å². The van der Waals surface area contributed by atoms with Gasteiger partial charge in [0.05, 0.1) is 65.1 Å². The number of nitrogens with one attached hydrogen (secondary N) is 3. The summed E-state index contributed by atoms with van der Waals surface area (Å²) >= 11 is 0. The predicted molar refractivity (Wildman–Crippen MR) is 290 cm³/mol. The Morgan fingerprint density at radius 2 is 0.974 bits per heavy atom. The first-order chi connectivity index (χ1) is 37.0. The van der Waals surface area contributed by atoms with Crippen molar-refractivity contribution in [2.24, 2.45) is 5.92 Å². The lowest BCUT2D eigenvalue weighted by atomic mass is 9.83. The molecule has 0 unspecified atom stereocenters. The van der Waals surface area contributed by atoms with E-state index in [2.05, 4.69) is 16.0 Å². The van der Waals surface area contributed by atoms with Crippen molar-refractivity contribution in [1.29, 1.82) is 0 Å². The average Bonchev–Trinajstić information content (AvgIpc) is 3.43. The highest BCUT2D eigenvalue weighted by Crippen LogP contribution is 2.35. The van der Waals surface area contributed by atoms with Gasteiger partial charge in [-0.15, -0.1) is 0 Å². The van der Waals surface area contributed by atoms with Gasteiger partial charge in [0.15, 0.2) is 0 Å². The lowest BCUT2D eigenvalue weighted by molar-refractivity contribution is -0.279. The highest BCUT2D eigenvalue weighted by molar-refractivity contribution is 5.94. The molecule has 4 N–H and O–H groups in total. The Morgan fingerprint density at radius 3 is 1.42 bits per heavy atom. The van der Waals surface area contributed by atoms with E-state index in [-0.39, 0.29) is 65.0 Å². The van der Waals surface area contributed by atoms with Gasteiger partial charge in [0.2, 0.25) is 11.8 Å². The maximum absolute atomic E-state index is 15.0. The summed E-state index contributed by atoms with van der Waals surface area (Å²) < 4.78 is 50.8. The van der Waals surface area contributed by atoms with Gasteiger partial charge in [0, 0.05) is 6.42 Å². The van der Waals surface area contributed by atoms with Gasteiger partial charge in [-0.25, -0.2) is 9.59 Å². The van der Waals surface area contributed by atoms with Crippen LogP contribution in [0.5, 0.6) is 0 Å². The Morgan fingerprint density at radius 1 is 0.545 bits per heavy atom. The summed E-state index contributed by atoms with van der Waals surface area (Å²) in [6, 6.07) is 43.5. The normalized spacial score (nSPS) is 19.5. The molecular formula is C61H77N3O13. The number of alkyl carbamates (subject to hydrolysis) is 1. The fourth-order valence-electron chi connectivity index (χ4n) is 8.90. The van der Waals surface area contributed by atoms with Crippen LogP contribution in [0.15, 0.2) is 152 Å². The highest BCUT2D eigenvalue weighted by atomic mass is 16.6. The number of amides is 3. The summed E-state index contributed by atoms with van der Waals surface area (Å²) in [5.74, 6) is -2.61. The molecule has 0 saturated carbocycles. The van der Waals surface area contributed by atoms with Crippen LogP contribution in [0.4, 0.5) is 4.79 Å². The van der Waals surface area contributed by atoms with Gasteiger partial charge in [-0.2, -0.15) is 0 Å². The minimum atomic E-state index is -2.21. The molecule has 9 atom stereocenters. The molecule has 77 heavy (non-hydrogen) atoms. The van der Waals surface area contributed by atoms with Crippen LogP contribution in [0.1, 0.15) is 82.2 Å². The van der Waals surface area contributed by atoms with Gasteiger partial charge in [-0.3, -0.25) is 9.59 Å². The van der Waals surface area contributed by atoms with Crippen LogP contribution in [0.25, 0.3) is 0 Å². The van der Waals surface area contributed by atoms with Crippen molar-refractivity contribution in [2.75, 3.05) is 20.3 Å². The minimum absolute atomic E-state index is 0.0151. The quantitative estimate of drug-likeness (QED) is 0.0351. The molecule has 1 fully saturated rings. The number of benzene rings is 5. The van der Waals surface area contributed by atoms with E-state index in [1.54, 1.807) is 20.8 Å². The topological polar surface area (TPSA) is 198 Å². The molecule has 0 spiro atoms.